The number of ether oxygens (including phenoxy) is 3. The van der Waals surface area contributed by atoms with Crippen LogP contribution in [0.25, 0.3) is 0 Å². The minimum Gasteiger partial charge on any atom is -0.493 e. The molecule has 1 N–H and O–H groups in total. The second-order valence-corrected chi connectivity index (χ2v) is 10.7. The standard InChI is InChI=1S/C20H20F3NO3.C12H14F3NO.2CH4.H2/c21-20(22,23)17-6-8-18(9-7-17)26-14-16-10-11-24(12-16)19(25)27-13-15-4-2-1-3-5-15;13-12(14,15)10-1-3-11(4-2-10)17-8-9-5-6-16-7-9;;;/h1-9,16H,10-14H2;1-4,9,16H,5-8H2;2*1H4;1H/t16-;9-;;;/m11.../s1. The van der Waals surface area contributed by atoms with Crippen molar-refractivity contribution < 1.29 is 46.8 Å². The number of benzene rings is 3. The summed E-state index contributed by atoms with van der Waals surface area (Å²) in [5, 5.41) is 3.21. The van der Waals surface area contributed by atoms with E-state index in [9.17, 15) is 31.1 Å². The van der Waals surface area contributed by atoms with Crippen LogP contribution in [0, 0.1) is 11.8 Å². The van der Waals surface area contributed by atoms with Crippen molar-refractivity contribution in [2.75, 3.05) is 39.4 Å². The molecule has 0 unspecified atom stereocenters. The van der Waals surface area contributed by atoms with Gasteiger partial charge in [-0.15, -0.1) is 0 Å². The fourth-order valence-corrected chi connectivity index (χ4v) is 4.71. The van der Waals surface area contributed by atoms with Crippen molar-refractivity contribution in [3.8, 4) is 11.5 Å². The molecule has 256 valence electrons. The quantitative estimate of drug-likeness (QED) is 0.245. The van der Waals surface area contributed by atoms with Gasteiger partial charge in [-0.2, -0.15) is 26.3 Å². The van der Waals surface area contributed by atoms with E-state index in [-0.39, 0.29) is 34.9 Å². The van der Waals surface area contributed by atoms with E-state index in [0.29, 0.717) is 43.7 Å². The smallest absolute Gasteiger partial charge is 0.416 e. The Balaban J connectivity index is 0.000000482. The number of carbonyl (C=O) groups excluding carboxylic acids is 1. The molecule has 0 spiro atoms. The number of hydrogen-bond donors (Lipinski definition) is 1. The Morgan fingerprint density at radius 3 is 1.76 bits per heavy atom. The number of alkyl halides is 6. The molecule has 5 rings (SSSR count). The van der Waals surface area contributed by atoms with Crippen molar-refractivity contribution in [2.24, 2.45) is 11.8 Å². The maximum Gasteiger partial charge on any atom is 0.416 e. The molecule has 0 radical (unpaired) electrons. The first-order chi connectivity index (χ1) is 21.0. The van der Waals surface area contributed by atoms with Gasteiger partial charge in [-0.25, -0.2) is 4.79 Å². The van der Waals surface area contributed by atoms with Crippen molar-refractivity contribution in [1.82, 2.24) is 10.2 Å². The highest BCUT2D eigenvalue weighted by atomic mass is 19.4. The number of likely N-dealkylation sites (tertiary alicyclic amines) is 1. The van der Waals surface area contributed by atoms with Gasteiger partial charge in [0.1, 0.15) is 18.1 Å². The zero-order valence-electron chi connectivity index (χ0n) is 23.9. The predicted molar refractivity (Wildman–Crippen MR) is 167 cm³/mol. The second-order valence-electron chi connectivity index (χ2n) is 10.7. The zero-order chi connectivity index (χ0) is 31.6. The van der Waals surface area contributed by atoms with Gasteiger partial charge >= 0.3 is 18.4 Å². The van der Waals surface area contributed by atoms with Gasteiger partial charge in [-0.3, -0.25) is 0 Å². The van der Waals surface area contributed by atoms with E-state index in [1.807, 2.05) is 30.3 Å². The molecule has 0 aliphatic carbocycles. The van der Waals surface area contributed by atoms with E-state index in [2.05, 4.69) is 5.32 Å². The summed E-state index contributed by atoms with van der Waals surface area (Å²) >= 11 is 0. The fourth-order valence-electron chi connectivity index (χ4n) is 4.71. The Labute approximate surface area is 268 Å². The molecule has 0 saturated carbocycles. The first-order valence-electron chi connectivity index (χ1n) is 14.2. The lowest BCUT2D eigenvalue weighted by Gasteiger charge is -2.17. The molecule has 1 amide bonds. The average Bonchev–Trinajstić information content (AvgIpc) is 3.71. The summed E-state index contributed by atoms with van der Waals surface area (Å²) < 4.78 is 90.9. The van der Waals surface area contributed by atoms with Crippen LogP contribution >= 0.6 is 0 Å². The summed E-state index contributed by atoms with van der Waals surface area (Å²) in [7, 11) is 0. The Hall–Kier alpha value is -3.93. The Morgan fingerprint density at radius 2 is 1.28 bits per heavy atom. The minimum atomic E-state index is -4.36. The van der Waals surface area contributed by atoms with Gasteiger partial charge in [-0.1, -0.05) is 45.2 Å². The molecule has 0 bridgehead atoms. The molecule has 2 atom stereocenters. The van der Waals surface area contributed by atoms with Gasteiger partial charge < -0.3 is 24.4 Å². The monoisotopic (exact) mass is 658 g/mol. The van der Waals surface area contributed by atoms with Gasteiger partial charge in [0.25, 0.3) is 0 Å². The van der Waals surface area contributed by atoms with Crippen molar-refractivity contribution in [3.63, 3.8) is 0 Å². The van der Waals surface area contributed by atoms with E-state index >= 15 is 0 Å². The number of nitrogens with one attached hydrogen (secondary N) is 1. The summed E-state index contributed by atoms with van der Waals surface area (Å²) in [5.74, 6) is 1.45. The van der Waals surface area contributed by atoms with Gasteiger partial charge in [0.2, 0.25) is 0 Å². The number of halogens is 6. The Kier molecular flexibility index (Phi) is 14.7. The number of hydrogen-bond acceptors (Lipinski definition) is 5. The maximum absolute atomic E-state index is 12.6. The predicted octanol–water partition coefficient (Wildman–Crippen LogP) is 8.95. The first kappa shape index (κ1) is 38.3. The molecular formula is C34H44F6N2O4. The van der Waals surface area contributed by atoms with Crippen LogP contribution in [0.15, 0.2) is 78.9 Å². The van der Waals surface area contributed by atoms with Crippen molar-refractivity contribution in [2.45, 2.75) is 46.7 Å². The summed E-state index contributed by atoms with van der Waals surface area (Å²) in [6.07, 6.45) is -7.18. The summed E-state index contributed by atoms with van der Waals surface area (Å²) in [5.41, 5.74) is -0.428. The number of amides is 1. The third-order valence-corrected chi connectivity index (χ3v) is 7.25. The van der Waals surface area contributed by atoms with Gasteiger partial charge in [0.05, 0.1) is 24.3 Å². The van der Waals surface area contributed by atoms with Crippen LogP contribution in [0.3, 0.4) is 0 Å². The number of nitrogens with zero attached hydrogens (tertiary/aromatic N) is 1. The highest BCUT2D eigenvalue weighted by molar-refractivity contribution is 5.68. The number of rotatable bonds is 8. The molecule has 6 nitrogen and oxygen atoms in total. The fraction of sp³-hybridized carbons (Fsp3) is 0.441. The Morgan fingerprint density at radius 1 is 0.761 bits per heavy atom. The third kappa shape index (κ3) is 12.1. The highest BCUT2D eigenvalue weighted by Crippen LogP contribution is 2.31. The second kappa shape index (κ2) is 17.7. The first-order valence-corrected chi connectivity index (χ1v) is 14.2. The lowest BCUT2D eigenvalue weighted by Crippen LogP contribution is -2.30. The summed E-state index contributed by atoms with van der Waals surface area (Å²) in [6.45, 7) is 4.11. The molecule has 2 aliphatic heterocycles. The van der Waals surface area contributed by atoms with Crippen molar-refractivity contribution in [1.29, 1.82) is 0 Å². The maximum atomic E-state index is 12.6. The van der Waals surface area contributed by atoms with E-state index in [1.54, 1.807) is 4.90 Å². The van der Waals surface area contributed by atoms with Gasteiger partial charge in [0.15, 0.2) is 0 Å². The molecule has 2 saturated heterocycles. The third-order valence-electron chi connectivity index (χ3n) is 7.25. The Bertz CT molecular complexity index is 1300. The number of carbonyl (C=O) groups is 1. The van der Waals surface area contributed by atoms with E-state index in [1.165, 1.54) is 24.3 Å². The highest BCUT2D eigenvalue weighted by Gasteiger charge is 2.31. The van der Waals surface area contributed by atoms with Crippen molar-refractivity contribution in [3.05, 3.63) is 95.6 Å². The average molecular weight is 659 g/mol. The topological polar surface area (TPSA) is 60.0 Å². The molecule has 3 aromatic rings. The van der Waals surface area contributed by atoms with Crippen LogP contribution in [-0.2, 0) is 23.7 Å². The van der Waals surface area contributed by atoms with Crippen LogP contribution in [-0.4, -0.2) is 50.4 Å². The zero-order valence-corrected chi connectivity index (χ0v) is 23.9. The molecule has 2 fully saturated rings. The molecule has 12 heteroatoms. The summed E-state index contributed by atoms with van der Waals surface area (Å²) in [4.78, 5) is 13.8. The van der Waals surface area contributed by atoms with Gasteiger partial charge in [0, 0.05) is 32.9 Å². The van der Waals surface area contributed by atoms with Crippen LogP contribution in [0.2, 0.25) is 0 Å². The summed E-state index contributed by atoms with van der Waals surface area (Å²) in [6, 6.07) is 18.9. The lowest BCUT2D eigenvalue weighted by atomic mass is 10.1. The van der Waals surface area contributed by atoms with E-state index in [4.69, 9.17) is 14.2 Å². The van der Waals surface area contributed by atoms with Crippen LogP contribution in [0.1, 0.15) is 45.8 Å². The van der Waals surface area contributed by atoms with E-state index < -0.39 is 23.5 Å². The van der Waals surface area contributed by atoms with Crippen LogP contribution in [0.4, 0.5) is 31.1 Å². The molecule has 2 heterocycles. The minimum absolute atomic E-state index is 0. The normalized spacial score (nSPS) is 17.6. The molecular weight excluding hydrogens is 614 g/mol. The molecule has 2 aliphatic rings. The van der Waals surface area contributed by atoms with Crippen LogP contribution < -0.4 is 14.8 Å². The molecule has 46 heavy (non-hydrogen) atoms. The van der Waals surface area contributed by atoms with Crippen molar-refractivity contribution >= 4 is 6.09 Å². The molecule has 0 aromatic heterocycles. The van der Waals surface area contributed by atoms with Crippen LogP contribution in [0.5, 0.6) is 11.5 Å². The SMILES string of the molecule is C.C.FC(F)(F)c1ccc(OC[C@@H]2CCNC2)cc1.O=C(OCc1ccccc1)N1CC[C@@H](COc2ccc(C(F)(F)F)cc2)C1.[HH]. The van der Waals surface area contributed by atoms with Gasteiger partial charge in [-0.05, 0) is 73.5 Å². The molecule has 3 aromatic carbocycles. The largest absolute Gasteiger partial charge is 0.493 e. The lowest BCUT2D eigenvalue weighted by molar-refractivity contribution is -0.138. The van der Waals surface area contributed by atoms with E-state index in [0.717, 1.165) is 55.8 Å².